The number of nitrogens with zero attached hydrogens (tertiary/aromatic N) is 1. The lowest BCUT2D eigenvalue weighted by molar-refractivity contribution is -0.133. The van der Waals surface area contributed by atoms with Crippen molar-refractivity contribution < 1.29 is 14.3 Å². The molecule has 0 saturated carbocycles. The molecule has 0 aliphatic carbocycles. The van der Waals surface area contributed by atoms with E-state index in [0.29, 0.717) is 18.7 Å². The first-order valence-corrected chi connectivity index (χ1v) is 8.60. The van der Waals surface area contributed by atoms with E-state index in [1.807, 2.05) is 37.3 Å². The van der Waals surface area contributed by atoms with E-state index in [1.54, 1.807) is 11.0 Å². The minimum atomic E-state index is -0.758. The molecule has 0 spiro atoms. The molecule has 2 aromatic rings. The highest BCUT2D eigenvalue weighted by Crippen LogP contribution is 2.26. The molecule has 26 heavy (non-hydrogen) atoms. The number of nitrogens with two attached hydrogens (primary N) is 1. The molecule has 1 saturated heterocycles. The highest BCUT2D eigenvalue weighted by atomic mass is 16.5. The SMILES string of the molecule is Cc1cccc(Nc2ccccc2C(=O)N2CCOC(C(N)=O)C2)c1C. The second kappa shape index (κ2) is 7.58. The van der Waals surface area contributed by atoms with Crippen molar-refractivity contribution in [3.8, 4) is 0 Å². The highest BCUT2D eigenvalue weighted by Gasteiger charge is 2.29. The van der Waals surface area contributed by atoms with Gasteiger partial charge in [-0.05, 0) is 43.2 Å². The van der Waals surface area contributed by atoms with Crippen LogP contribution in [-0.4, -0.2) is 42.5 Å². The summed E-state index contributed by atoms with van der Waals surface area (Å²) < 4.78 is 5.33. The van der Waals surface area contributed by atoms with Gasteiger partial charge < -0.3 is 20.7 Å². The molecule has 2 amide bonds. The molecule has 1 aliphatic rings. The zero-order valence-corrected chi connectivity index (χ0v) is 15.0. The molecule has 2 aromatic carbocycles. The standard InChI is InChI=1S/C20H23N3O3/c1-13-6-5-9-16(14(13)2)22-17-8-4-3-7-15(17)20(25)23-10-11-26-18(12-23)19(21)24/h3-9,18,22H,10-12H2,1-2H3,(H2,21,24). The summed E-state index contributed by atoms with van der Waals surface area (Å²) in [6.45, 7) is 5.00. The number of anilines is 2. The van der Waals surface area contributed by atoms with Crippen molar-refractivity contribution in [3.63, 3.8) is 0 Å². The third-order valence-corrected chi connectivity index (χ3v) is 4.70. The number of nitrogens with one attached hydrogen (secondary N) is 1. The van der Waals surface area contributed by atoms with Gasteiger partial charge in [-0.3, -0.25) is 9.59 Å². The number of amides is 2. The van der Waals surface area contributed by atoms with Crippen LogP contribution in [0, 0.1) is 13.8 Å². The normalized spacial score (nSPS) is 17.0. The summed E-state index contributed by atoms with van der Waals surface area (Å²) in [6.07, 6.45) is -0.758. The van der Waals surface area contributed by atoms with Crippen LogP contribution >= 0.6 is 0 Å². The van der Waals surface area contributed by atoms with Crippen molar-refractivity contribution in [2.75, 3.05) is 25.0 Å². The van der Waals surface area contributed by atoms with Crippen molar-refractivity contribution >= 4 is 23.2 Å². The van der Waals surface area contributed by atoms with Crippen molar-refractivity contribution in [2.45, 2.75) is 20.0 Å². The first-order valence-electron chi connectivity index (χ1n) is 8.60. The molecule has 136 valence electrons. The zero-order chi connectivity index (χ0) is 18.7. The lowest BCUT2D eigenvalue weighted by Crippen LogP contribution is -2.50. The van der Waals surface area contributed by atoms with Crippen LogP contribution in [0.3, 0.4) is 0 Å². The van der Waals surface area contributed by atoms with Gasteiger partial charge in [0.25, 0.3) is 5.91 Å². The van der Waals surface area contributed by atoms with Crippen molar-refractivity contribution in [2.24, 2.45) is 5.73 Å². The predicted octanol–water partition coefficient (Wildman–Crippen LogP) is 2.37. The maximum absolute atomic E-state index is 13.0. The van der Waals surface area contributed by atoms with E-state index in [0.717, 1.165) is 16.9 Å². The minimum absolute atomic E-state index is 0.145. The predicted molar refractivity (Wildman–Crippen MR) is 100 cm³/mol. The molecule has 0 aromatic heterocycles. The molecule has 1 atom stereocenters. The van der Waals surface area contributed by atoms with Gasteiger partial charge >= 0.3 is 0 Å². The molecule has 6 nitrogen and oxygen atoms in total. The molecule has 1 fully saturated rings. The Morgan fingerprint density at radius 2 is 1.85 bits per heavy atom. The number of carbonyl (C=O) groups excluding carboxylic acids is 2. The van der Waals surface area contributed by atoms with E-state index >= 15 is 0 Å². The van der Waals surface area contributed by atoms with Gasteiger partial charge in [0.05, 0.1) is 24.4 Å². The Kier molecular flexibility index (Phi) is 5.23. The molecule has 0 radical (unpaired) electrons. The van der Waals surface area contributed by atoms with Gasteiger partial charge in [0.1, 0.15) is 0 Å². The Labute approximate surface area is 152 Å². The fraction of sp³-hybridized carbons (Fsp3) is 0.300. The monoisotopic (exact) mass is 353 g/mol. The van der Waals surface area contributed by atoms with E-state index in [-0.39, 0.29) is 12.5 Å². The van der Waals surface area contributed by atoms with Crippen LogP contribution < -0.4 is 11.1 Å². The Hall–Kier alpha value is -2.86. The van der Waals surface area contributed by atoms with E-state index < -0.39 is 12.0 Å². The topological polar surface area (TPSA) is 84.7 Å². The van der Waals surface area contributed by atoms with E-state index in [4.69, 9.17) is 10.5 Å². The quantitative estimate of drug-likeness (QED) is 0.884. The van der Waals surface area contributed by atoms with Gasteiger partial charge in [-0.25, -0.2) is 0 Å². The molecule has 1 heterocycles. The summed E-state index contributed by atoms with van der Waals surface area (Å²) in [5, 5.41) is 3.37. The Bertz CT molecular complexity index is 835. The number of hydrogen-bond donors (Lipinski definition) is 2. The maximum atomic E-state index is 13.0. The Morgan fingerprint density at radius 1 is 1.12 bits per heavy atom. The number of aryl methyl sites for hydroxylation is 1. The molecule has 1 aliphatic heterocycles. The van der Waals surface area contributed by atoms with Gasteiger partial charge in [0.15, 0.2) is 6.10 Å². The summed E-state index contributed by atoms with van der Waals surface area (Å²) in [5.41, 5.74) is 9.87. The van der Waals surface area contributed by atoms with Crippen LogP contribution in [0.1, 0.15) is 21.5 Å². The summed E-state index contributed by atoms with van der Waals surface area (Å²) in [7, 11) is 0. The Balaban J connectivity index is 1.86. The number of hydrogen-bond acceptors (Lipinski definition) is 4. The third-order valence-electron chi connectivity index (χ3n) is 4.70. The summed E-state index contributed by atoms with van der Waals surface area (Å²) in [6, 6.07) is 13.4. The third kappa shape index (κ3) is 3.70. The summed E-state index contributed by atoms with van der Waals surface area (Å²) in [4.78, 5) is 26.0. The van der Waals surface area contributed by atoms with Gasteiger partial charge in [-0.15, -0.1) is 0 Å². The van der Waals surface area contributed by atoms with Crippen molar-refractivity contribution in [1.82, 2.24) is 4.90 Å². The average molecular weight is 353 g/mol. The highest BCUT2D eigenvalue weighted by molar-refractivity contribution is 6.00. The van der Waals surface area contributed by atoms with Crippen LogP contribution in [0.4, 0.5) is 11.4 Å². The molecular weight excluding hydrogens is 330 g/mol. The van der Waals surface area contributed by atoms with Crippen molar-refractivity contribution in [3.05, 3.63) is 59.2 Å². The number of benzene rings is 2. The number of ether oxygens (including phenoxy) is 1. The van der Waals surface area contributed by atoms with E-state index in [2.05, 4.69) is 18.3 Å². The smallest absolute Gasteiger partial charge is 0.256 e. The molecule has 1 unspecified atom stereocenters. The fourth-order valence-electron chi connectivity index (χ4n) is 2.99. The number of carbonyl (C=O) groups is 2. The first kappa shape index (κ1) is 17.9. The van der Waals surface area contributed by atoms with E-state index in [9.17, 15) is 9.59 Å². The van der Waals surface area contributed by atoms with Crippen LogP contribution in [-0.2, 0) is 9.53 Å². The molecular formula is C20H23N3O3. The molecule has 3 rings (SSSR count). The number of morpholine rings is 1. The minimum Gasteiger partial charge on any atom is -0.367 e. The molecule has 0 bridgehead atoms. The first-order chi connectivity index (χ1) is 12.5. The van der Waals surface area contributed by atoms with Gasteiger partial charge in [-0.1, -0.05) is 24.3 Å². The molecule has 3 N–H and O–H groups in total. The van der Waals surface area contributed by atoms with Crippen LogP contribution in [0.5, 0.6) is 0 Å². The lowest BCUT2D eigenvalue weighted by Gasteiger charge is -2.32. The number of para-hydroxylation sites is 1. The summed E-state index contributed by atoms with van der Waals surface area (Å²) in [5.74, 6) is -0.697. The van der Waals surface area contributed by atoms with Crippen LogP contribution in [0.15, 0.2) is 42.5 Å². The fourth-order valence-corrected chi connectivity index (χ4v) is 2.99. The number of primary amides is 1. The van der Waals surface area contributed by atoms with Crippen LogP contribution in [0.2, 0.25) is 0 Å². The number of rotatable bonds is 4. The lowest BCUT2D eigenvalue weighted by atomic mass is 10.1. The van der Waals surface area contributed by atoms with Crippen LogP contribution in [0.25, 0.3) is 0 Å². The van der Waals surface area contributed by atoms with Gasteiger partial charge in [-0.2, -0.15) is 0 Å². The van der Waals surface area contributed by atoms with Gasteiger partial charge in [0, 0.05) is 12.2 Å². The largest absolute Gasteiger partial charge is 0.367 e. The van der Waals surface area contributed by atoms with E-state index in [1.165, 1.54) is 5.56 Å². The average Bonchev–Trinajstić information content (AvgIpc) is 2.65. The second-order valence-corrected chi connectivity index (χ2v) is 6.43. The van der Waals surface area contributed by atoms with Crippen molar-refractivity contribution in [1.29, 1.82) is 0 Å². The second-order valence-electron chi connectivity index (χ2n) is 6.43. The Morgan fingerprint density at radius 3 is 2.62 bits per heavy atom. The van der Waals surface area contributed by atoms with Gasteiger partial charge in [0.2, 0.25) is 5.91 Å². The maximum Gasteiger partial charge on any atom is 0.256 e. The zero-order valence-electron chi connectivity index (χ0n) is 15.0. The molecule has 6 heteroatoms. The summed E-state index contributed by atoms with van der Waals surface area (Å²) >= 11 is 0.